The summed E-state index contributed by atoms with van der Waals surface area (Å²) in [5, 5.41) is 4.11. The van der Waals surface area contributed by atoms with Crippen LogP contribution in [0.15, 0.2) is 93.8 Å². The molecule has 2 aromatic heterocycles. The van der Waals surface area contributed by atoms with Gasteiger partial charge in [-0.1, -0.05) is 47.6 Å². The zero-order chi connectivity index (χ0) is 24.0. The van der Waals surface area contributed by atoms with Gasteiger partial charge in [0.25, 0.3) is 5.91 Å². The highest BCUT2D eigenvalue weighted by atomic mass is 32.2. The predicted octanol–water partition coefficient (Wildman–Crippen LogP) is 5.34. The zero-order valence-electron chi connectivity index (χ0n) is 19.1. The van der Waals surface area contributed by atoms with Crippen molar-refractivity contribution in [2.24, 2.45) is 0 Å². The van der Waals surface area contributed by atoms with E-state index in [0.29, 0.717) is 35.2 Å². The van der Waals surface area contributed by atoms with Gasteiger partial charge >= 0.3 is 0 Å². The van der Waals surface area contributed by atoms with Crippen LogP contribution in [0.4, 0.5) is 0 Å². The normalized spacial score (nSPS) is 15.3. The quantitative estimate of drug-likeness (QED) is 0.316. The Morgan fingerprint density at radius 2 is 1.89 bits per heavy atom. The van der Waals surface area contributed by atoms with E-state index in [1.54, 1.807) is 29.1 Å². The highest BCUT2D eigenvalue weighted by molar-refractivity contribution is 7.97. The highest BCUT2D eigenvalue weighted by Crippen LogP contribution is 2.34. The van der Waals surface area contributed by atoms with Crippen LogP contribution in [0.1, 0.15) is 40.3 Å². The largest absolute Gasteiger partial charge is 0.468 e. The second-order valence-corrected chi connectivity index (χ2v) is 8.94. The standard InChI is InChI=1S/C26H24N4O4S/c1-32-28-21-14-23(25-27-24(29-34-25)17-35-16-22-8-5-13-33-22)30(15-21)26(31)20-11-9-19(10-12-20)18-6-3-2-4-7-18/h2-13,15,23,28H,14,16-17H2,1H3. The molecule has 0 fully saturated rings. The first kappa shape index (κ1) is 22.9. The summed E-state index contributed by atoms with van der Waals surface area (Å²) in [6.45, 7) is 0. The molecule has 35 heavy (non-hydrogen) atoms. The van der Waals surface area contributed by atoms with Gasteiger partial charge in [0.05, 0.1) is 30.6 Å². The van der Waals surface area contributed by atoms with Crippen LogP contribution in [0.5, 0.6) is 0 Å². The molecule has 4 aromatic rings. The monoisotopic (exact) mass is 488 g/mol. The van der Waals surface area contributed by atoms with Gasteiger partial charge in [0.2, 0.25) is 5.89 Å². The fourth-order valence-corrected chi connectivity index (χ4v) is 4.67. The third-order valence-electron chi connectivity index (χ3n) is 5.58. The maximum atomic E-state index is 13.4. The number of nitrogens with zero attached hydrogens (tertiary/aromatic N) is 3. The van der Waals surface area contributed by atoms with Crippen molar-refractivity contribution in [1.82, 2.24) is 20.5 Å². The Labute approximate surface area is 206 Å². The summed E-state index contributed by atoms with van der Waals surface area (Å²) in [6.07, 6.45) is 3.86. The number of nitrogens with one attached hydrogen (secondary N) is 1. The van der Waals surface area contributed by atoms with Crippen LogP contribution >= 0.6 is 11.8 Å². The van der Waals surface area contributed by atoms with Crippen LogP contribution in [-0.4, -0.2) is 28.1 Å². The molecule has 178 valence electrons. The van der Waals surface area contributed by atoms with Gasteiger partial charge < -0.3 is 13.8 Å². The van der Waals surface area contributed by atoms with Gasteiger partial charge in [-0.25, -0.2) is 0 Å². The SMILES string of the molecule is CONC1=CN(C(=O)c2ccc(-c3ccccc3)cc2)C(c2nc(CSCc3ccco3)no2)C1. The summed E-state index contributed by atoms with van der Waals surface area (Å²) < 4.78 is 10.9. The smallest absolute Gasteiger partial charge is 0.258 e. The number of furan rings is 1. The van der Waals surface area contributed by atoms with Crippen LogP contribution in [0.3, 0.4) is 0 Å². The molecule has 1 aliphatic rings. The molecule has 3 heterocycles. The van der Waals surface area contributed by atoms with E-state index in [4.69, 9.17) is 13.8 Å². The first-order chi connectivity index (χ1) is 17.2. The molecule has 0 bridgehead atoms. The van der Waals surface area contributed by atoms with Crippen molar-refractivity contribution in [2.45, 2.75) is 24.0 Å². The number of rotatable bonds is 9. The number of carbonyl (C=O) groups is 1. The zero-order valence-corrected chi connectivity index (χ0v) is 19.9. The lowest BCUT2D eigenvalue weighted by Gasteiger charge is -2.20. The van der Waals surface area contributed by atoms with E-state index in [2.05, 4.69) is 15.6 Å². The molecule has 0 saturated carbocycles. The van der Waals surface area contributed by atoms with Crippen molar-refractivity contribution >= 4 is 17.7 Å². The number of amides is 1. The molecule has 1 atom stereocenters. The lowest BCUT2D eigenvalue weighted by Crippen LogP contribution is -2.27. The van der Waals surface area contributed by atoms with E-state index < -0.39 is 6.04 Å². The maximum Gasteiger partial charge on any atom is 0.258 e. The average molecular weight is 489 g/mol. The van der Waals surface area contributed by atoms with Gasteiger partial charge in [0, 0.05) is 18.2 Å². The van der Waals surface area contributed by atoms with Crippen molar-refractivity contribution in [3.8, 4) is 11.1 Å². The minimum Gasteiger partial charge on any atom is -0.468 e. The molecule has 8 nitrogen and oxygen atoms in total. The molecule has 1 N–H and O–H groups in total. The van der Waals surface area contributed by atoms with E-state index in [1.807, 2.05) is 66.7 Å². The Bertz CT molecular complexity index is 1290. The third kappa shape index (κ3) is 5.31. The fraction of sp³-hybridized carbons (Fsp3) is 0.192. The van der Waals surface area contributed by atoms with Crippen LogP contribution in [-0.2, 0) is 16.3 Å². The minimum absolute atomic E-state index is 0.158. The Kier molecular flexibility index (Phi) is 6.97. The molecular weight excluding hydrogens is 464 g/mol. The number of hydrogen-bond acceptors (Lipinski definition) is 8. The minimum atomic E-state index is -0.426. The second kappa shape index (κ2) is 10.6. The van der Waals surface area contributed by atoms with Crippen LogP contribution in [0, 0.1) is 0 Å². The molecule has 0 spiro atoms. The maximum absolute atomic E-state index is 13.4. The van der Waals surface area contributed by atoms with Gasteiger partial charge in [0.1, 0.15) is 11.8 Å². The van der Waals surface area contributed by atoms with E-state index in [9.17, 15) is 4.79 Å². The van der Waals surface area contributed by atoms with Crippen molar-refractivity contribution in [2.75, 3.05) is 7.11 Å². The summed E-state index contributed by atoms with van der Waals surface area (Å²) in [4.78, 5) is 24.7. The first-order valence-corrected chi connectivity index (χ1v) is 12.3. The van der Waals surface area contributed by atoms with Gasteiger partial charge in [-0.15, -0.1) is 11.8 Å². The van der Waals surface area contributed by atoms with Gasteiger partial charge in [-0.2, -0.15) is 4.98 Å². The van der Waals surface area contributed by atoms with Gasteiger partial charge in [-0.05, 0) is 35.4 Å². The average Bonchev–Trinajstić information content (AvgIpc) is 3.66. The molecule has 2 aromatic carbocycles. The van der Waals surface area contributed by atoms with E-state index in [-0.39, 0.29) is 5.91 Å². The topological polar surface area (TPSA) is 93.6 Å². The summed E-state index contributed by atoms with van der Waals surface area (Å²) in [7, 11) is 1.53. The van der Waals surface area contributed by atoms with Crippen LogP contribution in [0.2, 0.25) is 0 Å². The number of benzene rings is 2. The summed E-state index contributed by atoms with van der Waals surface area (Å²) in [5.74, 6) is 2.98. The molecule has 0 saturated heterocycles. The van der Waals surface area contributed by atoms with Gasteiger partial charge in [0.15, 0.2) is 5.82 Å². The molecular formula is C26H24N4O4S. The van der Waals surface area contributed by atoms with E-state index >= 15 is 0 Å². The number of aromatic nitrogens is 2. The first-order valence-electron chi connectivity index (χ1n) is 11.1. The Hall–Kier alpha value is -3.82. The summed E-state index contributed by atoms with van der Waals surface area (Å²) in [6, 6.07) is 21.0. The van der Waals surface area contributed by atoms with Crippen molar-refractivity contribution < 1.29 is 18.6 Å². The van der Waals surface area contributed by atoms with E-state index in [0.717, 1.165) is 22.6 Å². The van der Waals surface area contributed by atoms with Crippen molar-refractivity contribution in [3.63, 3.8) is 0 Å². The molecule has 1 aliphatic heterocycles. The Balaban J connectivity index is 1.31. The summed E-state index contributed by atoms with van der Waals surface area (Å²) in [5.41, 5.74) is 6.29. The molecule has 0 radical (unpaired) electrons. The highest BCUT2D eigenvalue weighted by Gasteiger charge is 2.35. The number of hydrogen-bond donors (Lipinski definition) is 1. The molecule has 1 amide bonds. The molecule has 5 rings (SSSR count). The Morgan fingerprint density at radius 1 is 1.09 bits per heavy atom. The Morgan fingerprint density at radius 3 is 2.63 bits per heavy atom. The summed E-state index contributed by atoms with van der Waals surface area (Å²) >= 11 is 1.63. The molecule has 1 unspecified atom stereocenters. The fourth-order valence-electron chi connectivity index (χ4n) is 3.91. The third-order valence-corrected chi connectivity index (χ3v) is 6.53. The van der Waals surface area contributed by atoms with Gasteiger partial charge in [-0.3, -0.25) is 15.1 Å². The van der Waals surface area contributed by atoms with Crippen molar-refractivity contribution in [1.29, 1.82) is 0 Å². The predicted molar refractivity (Wildman–Crippen MR) is 132 cm³/mol. The second-order valence-electron chi connectivity index (χ2n) is 7.96. The molecule has 0 aliphatic carbocycles. The van der Waals surface area contributed by atoms with E-state index in [1.165, 1.54) is 7.11 Å². The molecule has 9 heteroatoms. The lowest BCUT2D eigenvalue weighted by atomic mass is 10.0. The number of hydroxylamine groups is 1. The lowest BCUT2D eigenvalue weighted by molar-refractivity contribution is 0.0760. The number of thioether (sulfide) groups is 1. The number of carbonyl (C=O) groups excluding carboxylic acids is 1. The van der Waals surface area contributed by atoms with Crippen molar-refractivity contribution in [3.05, 3.63) is 108 Å². The van der Waals surface area contributed by atoms with Crippen LogP contribution in [0.25, 0.3) is 11.1 Å². The van der Waals surface area contributed by atoms with Crippen LogP contribution < -0.4 is 5.48 Å².